The molecule has 196 valence electrons. The van der Waals surface area contributed by atoms with Gasteiger partial charge in [-0.15, -0.1) is 0 Å². The van der Waals surface area contributed by atoms with Gasteiger partial charge in [0.1, 0.15) is 5.41 Å². The van der Waals surface area contributed by atoms with Crippen molar-refractivity contribution in [1.82, 2.24) is 10.2 Å². The molecule has 0 saturated carbocycles. The molecule has 3 aromatic rings. The first-order valence-electron chi connectivity index (χ1n) is 13.4. The first-order valence-corrected chi connectivity index (χ1v) is 13.4. The molecule has 1 N–H and O–H groups in total. The number of carbonyl (C=O) groups excluding carboxylic acids is 3. The fraction of sp³-hybridized carbons (Fsp3) is 0.344. The second-order valence-corrected chi connectivity index (χ2v) is 10.3. The topological polar surface area (TPSA) is 75.7 Å². The molecule has 0 radical (unpaired) electrons. The number of hydrogen-bond donors (Lipinski definition) is 1. The van der Waals surface area contributed by atoms with E-state index in [1.54, 1.807) is 4.90 Å². The smallest absolute Gasteiger partial charge is 0.317 e. The summed E-state index contributed by atoms with van der Waals surface area (Å²) < 4.78 is 5.32. The minimum atomic E-state index is -0.922. The van der Waals surface area contributed by atoms with Crippen LogP contribution in [0.3, 0.4) is 0 Å². The predicted octanol–water partition coefficient (Wildman–Crippen LogP) is 5.51. The lowest BCUT2D eigenvalue weighted by Gasteiger charge is -2.46. The summed E-state index contributed by atoms with van der Waals surface area (Å²) in [6.45, 7) is 0.737. The number of methoxy groups -OCH3 is 1. The van der Waals surface area contributed by atoms with Gasteiger partial charge in [0.05, 0.1) is 13.7 Å². The van der Waals surface area contributed by atoms with Crippen molar-refractivity contribution in [2.45, 2.75) is 51.6 Å². The minimum Gasteiger partial charge on any atom is -0.468 e. The number of nitrogens with zero attached hydrogens (tertiary/aromatic N) is 1. The summed E-state index contributed by atoms with van der Waals surface area (Å²) in [6, 6.07) is 23.9. The summed E-state index contributed by atoms with van der Waals surface area (Å²) in [6.07, 6.45) is 5.59. The molecule has 0 unspecified atom stereocenters. The summed E-state index contributed by atoms with van der Waals surface area (Å²) in [5.74, 6) is -1.24. The van der Waals surface area contributed by atoms with Crippen molar-refractivity contribution in [3.05, 3.63) is 95.7 Å². The summed E-state index contributed by atoms with van der Waals surface area (Å²) in [5, 5.41) is 5.23. The maximum atomic E-state index is 13.9. The second-order valence-electron chi connectivity index (χ2n) is 10.3. The number of esters is 1. The number of fused-ring (bicyclic) bond motifs is 2. The SMILES string of the molecule is COC(=O)[C@]12CCCCC=C1N(Cc1ccccc1)C(=O)[C@H](CC(=O)NCc1cccc3ccccc13)C2. The number of piperidine rings is 1. The van der Waals surface area contributed by atoms with Crippen LogP contribution >= 0.6 is 0 Å². The highest BCUT2D eigenvalue weighted by molar-refractivity contribution is 5.92. The van der Waals surface area contributed by atoms with Gasteiger partial charge in [-0.05, 0) is 47.6 Å². The van der Waals surface area contributed by atoms with Crippen LogP contribution in [-0.4, -0.2) is 29.8 Å². The zero-order valence-corrected chi connectivity index (χ0v) is 21.8. The number of carbonyl (C=O) groups is 3. The molecule has 0 aromatic heterocycles. The molecule has 1 aliphatic carbocycles. The van der Waals surface area contributed by atoms with E-state index in [2.05, 4.69) is 5.32 Å². The first-order chi connectivity index (χ1) is 18.5. The quantitative estimate of drug-likeness (QED) is 0.425. The Morgan fingerprint density at radius 1 is 1.00 bits per heavy atom. The van der Waals surface area contributed by atoms with Crippen LogP contribution in [0, 0.1) is 11.3 Å². The maximum absolute atomic E-state index is 13.9. The van der Waals surface area contributed by atoms with E-state index < -0.39 is 11.3 Å². The standard InChI is InChI=1S/C32H34N2O4/c1-38-31(37)32-18-9-3-6-17-28(32)34(22-23-11-4-2-5-12-23)30(36)26(20-32)19-29(35)33-21-25-15-10-14-24-13-7-8-16-27(24)25/h2,4-5,7-8,10-17,26H,3,6,9,18-22H2,1H3,(H,33,35)/t26-,32+/m1/s1. The molecular weight excluding hydrogens is 476 g/mol. The minimum absolute atomic E-state index is 0.0287. The fourth-order valence-electron chi connectivity index (χ4n) is 6.07. The van der Waals surface area contributed by atoms with Gasteiger partial charge in [0.2, 0.25) is 11.8 Å². The third-order valence-electron chi connectivity index (χ3n) is 7.93. The molecule has 1 saturated heterocycles. The second kappa shape index (κ2) is 11.2. The number of benzene rings is 3. The number of rotatable bonds is 7. The van der Waals surface area contributed by atoms with Gasteiger partial charge < -0.3 is 15.0 Å². The van der Waals surface area contributed by atoms with Gasteiger partial charge in [-0.3, -0.25) is 14.4 Å². The number of nitrogens with one attached hydrogen (secondary N) is 1. The Kier molecular flexibility index (Phi) is 7.59. The largest absolute Gasteiger partial charge is 0.468 e. The Morgan fingerprint density at radius 2 is 1.76 bits per heavy atom. The Hall–Kier alpha value is -3.93. The van der Waals surface area contributed by atoms with Crippen LogP contribution in [0.5, 0.6) is 0 Å². The molecule has 5 rings (SSSR count). The van der Waals surface area contributed by atoms with Crippen LogP contribution in [-0.2, 0) is 32.2 Å². The van der Waals surface area contributed by atoms with Gasteiger partial charge in [0, 0.05) is 24.6 Å². The van der Waals surface area contributed by atoms with Crippen LogP contribution in [0.4, 0.5) is 0 Å². The number of likely N-dealkylation sites (tertiary alicyclic amines) is 1. The predicted molar refractivity (Wildman–Crippen MR) is 147 cm³/mol. The summed E-state index contributed by atoms with van der Waals surface area (Å²) in [4.78, 5) is 42.2. The lowest BCUT2D eigenvalue weighted by molar-refractivity contribution is -0.160. The van der Waals surface area contributed by atoms with E-state index in [4.69, 9.17) is 4.74 Å². The van der Waals surface area contributed by atoms with Crippen LogP contribution in [0.1, 0.15) is 49.7 Å². The van der Waals surface area contributed by atoms with Crippen molar-refractivity contribution in [1.29, 1.82) is 0 Å². The van der Waals surface area contributed by atoms with E-state index in [-0.39, 0.29) is 30.6 Å². The molecule has 1 aliphatic heterocycles. The highest BCUT2D eigenvalue weighted by Crippen LogP contribution is 2.49. The van der Waals surface area contributed by atoms with Crippen molar-refractivity contribution in [2.75, 3.05) is 7.11 Å². The van der Waals surface area contributed by atoms with Crippen molar-refractivity contribution < 1.29 is 19.1 Å². The molecule has 1 heterocycles. The van der Waals surface area contributed by atoms with E-state index in [0.29, 0.717) is 19.5 Å². The van der Waals surface area contributed by atoms with Crippen LogP contribution in [0.25, 0.3) is 10.8 Å². The van der Waals surface area contributed by atoms with E-state index >= 15 is 0 Å². The third-order valence-corrected chi connectivity index (χ3v) is 7.93. The van der Waals surface area contributed by atoms with Crippen LogP contribution in [0.2, 0.25) is 0 Å². The molecule has 2 atom stereocenters. The van der Waals surface area contributed by atoms with Gasteiger partial charge >= 0.3 is 5.97 Å². The Labute approximate surface area is 223 Å². The fourth-order valence-corrected chi connectivity index (χ4v) is 6.07. The van der Waals surface area contributed by atoms with Crippen molar-refractivity contribution in [2.24, 2.45) is 11.3 Å². The molecule has 1 fully saturated rings. The Bertz CT molecular complexity index is 1360. The van der Waals surface area contributed by atoms with E-state index in [1.807, 2.05) is 78.9 Å². The molecule has 2 amide bonds. The molecule has 3 aromatic carbocycles. The molecule has 38 heavy (non-hydrogen) atoms. The molecular formula is C32H34N2O4. The van der Waals surface area contributed by atoms with Gasteiger partial charge in [-0.1, -0.05) is 85.3 Å². The number of ether oxygens (including phenoxy) is 1. The molecule has 0 bridgehead atoms. The summed E-state index contributed by atoms with van der Waals surface area (Å²) in [7, 11) is 1.41. The normalized spacial score (nSPS) is 21.3. The zero-order chi connectivity index (χ0) is 26.5. The van der Waals surface area contributed by atoms with Crippen molar-refractivity contribution >= 4 is 28.6 Å². The zero-order valence-electron chi connectivity index (χ0n) is 21.8. The van der Waals surface area contributed by atoms with Crippen molar-refractivity contribution in [3.63, 3.8) is 0 Å². The lowest BCUT2D eigenvalue weighted by Crippen LogP contribution is -2.53. The van der Waals surface area contributed by atoms with E-state index in [0.717, 1.165) is 46.9 Å². The van der Waals surface area contributed by atoms with Gasteiger partial charge in [0.25, 0.3) is 0 Å². The highest BCUT2D eigenvalue weighted by Gasteiger charge is 2.53. The third kappa shape index (κ3) is 5.08. The molecule has 0 spiro atoms. The average molecular weight is 511 g/mol. The maximum Gasteiger partial charge on any atom is 0.317 e. The molecule has 6 nitrogen and oxygen atoms in total. The van der Waals surface area contributed by atoms with Gasteiger partial charge in [-0.2, -0.15) is 0 Å². The number of hydrogen-bond acceptors (Lipinski definition) is 4. The van der Waals surface area contributed by atoms with Gasteiger partial charge in [-0.25, -0.2) is 0 Å². The number of amides is 2. The average Bonchev–Trinajstić information content (AvgIpc) is 3.17. The Morgan fingerprint density at radius 3 is 2.58 bits per heavy atom. The highest BCUT2D eigenvalue weighted by atomic mass is 16.5. The van der Waals surface area contributed by atoms with E-state index in [1.165, 1.54) is 7.11 Å². The molecule has 6 heteroatoms. The Balaban J connectivity index is 1.40. The summed E-state index contributed by atoms with van der Waals surface area (Å²) in [5.41, 5.74) is 1.82. The first kappa shape index (κ1) is 25.7. The van der Waals surface area contributed by atoms with Crippen LogP contribution < -0.4 is 5.32 Å². The number of allylic oxidation sites excluding steroid dienone is 1. The van der Waals surface area contributed by atoms with Crippen molar-refractivity contribution in [3.8, 4) is 0 Å². The monoisotopic (exact) mass is 510 g/mol. The van der Waals surface area contributed by atoms with E-state index in [9.17, 15) is 14.4 Å². The molecule has 2 aliphatic rings. The summed E-state index contributed by atoms with van der Waals surface area (Å²) >= 11 is 0. The lowest BCUT2D eigenvalue weighted by atomic mass is 9.69. The van der Waals surface area contributed by atoms with Crippen LogP contribution in [0.15, 0.2) is 84.6 Å². The van der Waals surface area contributed by atoms with Gasteiger partial charge in [0.15, 0.2) is 0 Å².